The van der Waals surface area contributed by atoms with Crippen molar-refractivity contribution in [3.8, 4) is 6.07 Å². The van der Waals surface area contributed by atoms with E-state index in [0.717, 1.165) is 57.5 Å². The van der Waals surface area contributed by atoms with Crippen molar-refractivity contribution < 1.29 is 4.79 Å². The van der Waals surface area contributed by atoms with E-state index in [0.29, 0.717) is 11.3 Å². The molecule has 4 N–H and O–H groups in total. The Hall–Kier alpha value is -3.08. The van der Waals surface area contributed by atoms with Gasteiger partial charge >= 0.3 is 0 Å². The highest BCUT2D eigenvalue weighted by Gasteiger charge is 2.22. The third-order valence-electron chi connectivity index (χ3n) is 4.73. The summed E-state index contributed by atoms with van der Waals surface area (Å²) < 4.78 is 0. The van der Waals surface area contributed by atoms with Gasteiger partial charge in [-0.25, -0.2) is 0 Å². The third-order valence-corrected chi connectivity index (χ3v) is 4.73. The molecule has 0 unspecified atom stereocenters. The Kier molecular flexibility index (Phi) is 5.37. The molecule has 0 atom stereocenters. The molecule has 0 bridgehead atoms. The number of benzene rings is 1. The van der Waals surface area contributed by atoms with Crippen molar-refractivity contribution in [2.24, 2.45) is 10.8 Å². The number of hydrogen-bond donors (Lipinski definition) is 3. The van der Waals surface area contributed by atoms with E-state index >= 15 is 0 Å². The molecule has 8 nitrogen and oxygen atoms in total. The molecule has 2 aliphatic rings. The van der Waals surface area contributed by atoms with Crippen LogP contribution in [0.1, 0.15) is 36.0 Å². The molecule has 8 heteroatoms. The van der Waals surface area contributed by atoms with Gasteiger partial charge < -0.3 is 15.5 Å². The van der Waals surface area contributed by atoms with E-state index in [1.165, 1.54) is 0 Å². The van der Waals surface area contributed by atoms with Crippen molar-refractivity contribution >= 4 is 28.8 Å². The van der Waals surface area contributed by atoms with Gasteiger partial charge in [-0.1, -0.05) is 0 Å². The van der Waals surface area contributed by atoms with Crippen LogP contribution in [0.2, 0.25) is 0 Å². The molecule has 0 radical (unpaired) electrons. The van der Waals surface area contributed by atoms with E-state index in [1.54, 1.807) is 12.1 Å². The Labute approximate surface area is 152 Å². The summed E-state index contributed by atoms with van der Waals surface area (Å²) in [5.74, 6) is -0.387. The van der Waals surface area contributed by atoms with Crippen molar-refractivity contribution in [1.29, 1.82) is 10.7 Å². The van der Waals surface area contributed by atoms with E-state index in [-0.39, 0.29) is 11.6 Å². The van der Waals surface area contributed by atoms with Crippen LogP contribution in [0.4, 0.5) is 11.4 Å². The maximum absolute atomic E-state index is 12.7. The molecule has 2 aliphatic heterocycles. The van der Waals surface area contributed by atoms with E-state index in [9.17, 15) is 4.79 Å². The monoisotopic (exact) mass is 353 g/mol. The number of hydrogen-bond acceptors (Lipinski definition) is 6. The van der Waals surface area contributed by atoms with E-state index in [2.05, 4.69) is 15.4 Å². The zero-order valence-electron chi connectivity index (χ0n) is 14.7. The van der Waals surface area contributed by atoms with Crippen molar-refractivity contribution in [2.45, 2.75) is 25.7 Å². The van der Waals surface area contributed by atoms with Gasteiger partial charge in [0, 0.05) is 31.7 Å². The number of rotatable bonds is 5. The number of hydrazone groups is 1. The fraction of sp³-hybridized carbons (Fsp3) is 0.444. The minimum atomic E-state index is -0.396. The quantitative estimate of drug-likeness (QED) is 0.423. The van der Waals surface area contributed by atoms with Crippen molar-refractivity contribution in [3.05, 3.63) is 23.8 Å². The molecule has 2 fully saturated rings. The smallest absolute Gasteiger partial charge is 0.253 e. The second-order valence-electron chi connectivity index (χ2n) is 6.52. The molecule has 3 rings (SSSR count). The fourth-order valence-corrected chi connectivity index (χ4v) is 3.36. The minimum absolute atomic E-state index is 0.00887. The molecule has 1 aromatic rings. The van der Waals surface area contributed by atoms with Gasteiger partial charge in [-0.2, -0.15) is 10.4 Å². The zero-order chi connectivity index (χ0) is 18.5. The van der Waals surface area contributed by atoms with Gasteiger partial charge in [0.05, 0.1) is 11.4 Å². The van der Waals surface area contributed by atoms with Crippen LogP contribution in [0, 0.1) is 16.7 Å². The SMILES string of the molecule is N#C/C(=N\Nc1cc(C(=O)N2CCCC2)ccc1N1CCCC1)C(=N)N. The maximum Gasteiger partial charge on any atom is 0.253 e. The highest BCUT2D eigenvalue weighted by Crippen LogP contribution is 2.31. The number of amidine groups is 1. The summed E-state index contributed by atoms with van der Waals surface area (Å²) in [5.41, 5.74) is 10.2. The lowest BCUT2D eigenvalue weighted by molar-refractivity contribution is 0.0793. The van der Waals surface area contributed by atoms with Crippen LogP contribution in [0.25, 0.3) is 0 Å². The van der Waals surface area contributed by atoms with Crippen LogP contribution >= 0.6 is 0 Å². The summed E-state index contributed by atoms with van der Waals surface area (Å²) in [6.07, 6.45) is 4.32. The summed E-state index contributed by atoms with van der Waals surface area (Å²) in [7, 11) is 0. The second kappa shape index (κ2) is 7.87. The molecule has 26 heavy (non-hydrogen) atoms. The predicted molar refractivity (Wildman–Crippen MR) is 102 cm³/mol. The van der Waals surface area contributed by atoms with Crippen molar-refractivity contribution in [3.63, 3.8) is 0 Å². The number of carbonyl (C=O) groups is 1. The molecule has 0 aromatic heterocycles. The van der Waals surface area contributed by atoms with E-state index in [4.69, 9.17) is 16.4 Å². The maximum atomic E-state index is 12.7. The molecular weight excluding hydrogens is 330 g/mol. The Morgan fingerprint density at radius 3 is 2.46 bits per heavy atom. The van der Waals surface area contributed by atoms with E-state index < -0.39 is 5.84 Å². The molecule has 2 saturated heterocycles. The number of nitriles is 1. The molecule has 0 spiro atoms. The fourth-order valence-electron chi connectivity index (χ4n) is 3.36. The number of nitrogens with zero attached hydrogens (tertiary/aromatic N) is 4. The van der Waals surface area contributed by atoms with E-state index in [1.807, 2.05) is 17.0 Å². The number of amides is 1. The van der Waals surface area contributed by atoms with Crippen LogP contribution in [0.5, 0.6) is 0 Å². The molecule has 1 aromatic carbocycles. The molecular formula is C18H23N7O. The summed E-state index contributed by atoms with van der Waals surface area (Å²) in [6, 6.07) is 7.33. The summed E-state index contributed by atoms with van der Waals surface area (Å²) in [4.78, 5) is 16.8. The Morgan fingerprint density at radius 2 is 1.85 bits per heavy atom. The zero-order valence-corrected chi connectivity index (χ0v) is 14.7. The van der Waals surface area contributed by atoms with Gasteiger partial charge in [0.25, 0.3) is 5.91 Å². The molecule has 0 aliphatic carbocycles. The van der Waals surface area contributed by atoms with Crippen LogP contribution in [0.15, 0.2) is 23.3 Å². The Bertz CT molecular complexity index is 768. The lowest BCUT2D eigenvalue weighted by Gasteiger charge is -2.22. The molecule has 2 heterocycles. The van der Waals surface area contributed by atoms with Crippen LogP contribution in [-0.2, 0) is 0 Å². The van der Waals surface area contributed by atoms with Gasteiger partial charge in [0.15, 0.2) is 5.84 Å². The van der Waals surface area contributed by atoms with Crippen molar-refractivity contribution in [1.82, 2.24) is 4.90 Å². The summed E-state index contributed by atoms with van der Waals surface area (Å²) in [5, 5.41) is 20.4. The number of nitrogens with one attached hydrogen (secondary N) is 2. The number of likely N-dealkylation sites (tertiary alicyclic amines) is 1. The molecule has 1 amide bonds. The van der Waals surface area contributed by atoms with Gasteiger partial charge in [-0.05, 0) is 43.9 Å². The Morgan fingerprint density at radius 1 is 1.19 bits per heavy atom. The minimum Gasteiger partial charge on any atom is -0.382 e. The third kappa shape index (κ3) is 3.77. The number of nitrogens with two attached hydrogens (primary N) is 1. The first kappa shape index (κ1) is 17.7. The number of anilines is 2. The first-order chi connectivity index (χ1) is 12.6. The second-order valence-corrected chi connectivity index (χ2v) is 6.52. The summed E-state index contributed by atoms with van der Waals surface area (Å²) >= 11 is 0. The first-order valence-electron chi connectivity index (χ1n) is 8.86. The first-order valence-corrected chi connectivity index (χ1v) is 8.86. The topological polar surface area (TPSA) is 122 Å². The lowest BCUT2D eigenvalue weighted by atomic mass is 10.1. The summed E-state index contributed by atoms with van der Waals surface area (Å²) in [6.45, 7) is 3.46. The molecule has 136 valence electrons. The van der Waals surface area contributed by atoms with Gasteiger partial charge in [-0.15, -0.1) is 0 Å². The van der Waals surface area contributed by atoms with Gasteiger partial charge in [-0.3, -0.25) is 15.6 Å². The Balaban J connectivity index is 1.91. The van der Waals surface area contributed by atoms with Gasteiger partial charge in [0.1, 0.15) is 6.07 Å². The largest absolute Gasteiger partial charge is 0.382 e. The van der Waals surface area contributed by atoms with Crippen LogP contribution < -0.4 is 16.1 Å². The average Bonchev–Trinajstić information content (AvgIpc) is 3.35. The van der Waals surface area contributed by atoms with Crippen LogP contribution in [0.3, 0.4) is 0 Å². The lowest BCUT2D eigenvalue weighted by Crippen LogP contribution is -2.28. The van der Waals surface area contributed by atoms with Gasteiger partial charge in [0.2, 0.25) is 5.71 Å². The standard InChI is InChI=1S/C18H23N7O/c19-12-15(17(20)21)23-22-14-11-13(18(26)25-9-3-4-10-25)5-6-16(14)24-7-1-2-8-24/h5-6,11,22H,1-4,7-10H2,(H3,20,21)/b23-15+. The highest BCUT2D eigenvalue weighted by molar-refractivity contribution is 6.45. The average molecular weight is 353 g/mol. The highest BCUT2D eigenvalue weighted by atomic mass is 16.2. The number of carbonyl (C=O) groups excluding carboxylic acids is 1. The normalized spacial score (nSPS) is 17.3. The molecule has 0 saturated carbocycles. The van der Waals surface area contributed by atoms with Crippen LogP contribution in [-0.4, -0.2) is 48.5 Å². The van der Waals surface area contributed by atoms with Crippen molar-refractivity contribution in [2.75, 3.05) is 36.5 Å². The predicted octanol–water partition coefficient (Wildman–Crippen LogP) is 1.75.